The van der Waals surface area contributed by atoms with E-state index in [9.17, 15) is 9.90 Å². The van der Waals surface area contributed by atoms with Crippen molar-refractivity contribution in [2.24, 2.45) is 0 Å². The van der Waals surface area contributed by atoms with Gasteiger partial charge in [-0.1, -0.05) is 6.58 Å². The van der Waals surface area contributed by atoms with Crippen molar-refractivity contribution in [3.63, 3.8) is 0 Å². The maximum absolute atomic E-state index is 9.60. The molecule has 210 valence electrons. The summed E-state index contributed by atoms with van der Waals surface area (Å²) < 4.78 is 33.8. The number of hydrogen-bond acceptors (Lipinski definition) is 9. The molecule has 0 radical (unpaired) electrons. The van der Waals surface area contributed by atoms with Crippen LogP contribution in [0.1, 0.15) is 55.4 Å². The highest BCUT2D eigenvalue weighted by atomic mass is 16.6. The van der Waals surface area contributed by atoms with Crippen LogP contribution in [0.2, 0.25) is 0 Å². The Morgan fingerprint density at radius 2 is 0.857 bits per heavy atom. The second-order valence-corrected chi connectivity index (χ2v) is 8.98. The monoisotopic (exact) mass is 510 g/mol. The van der Waals surface area contributed by atoms with Crippen LogP contribution in [0.25, 0.3) is 0 Å². The van der Waals surface area contributed by atoms with E-state index in [4.69, 9.17) is 38.6 Å². The van der Waals surface area contributed by atoms with Crippen molar-refractivity contribution in [2.45, 2.75) is 98.1 Å². The van der Waals surface area contributed by atoms with Crippen molar-refractivity contribution >= 4 is 5.97 Å². The van der Waals surface area contributed by atoms with E-state index in [1.54, 1.807) is 6.92 Å². The first-order valence-electron chi connectivity index (χ1n) is 12.2. The number of aliphatic hydroxyl groups is 2. The van der Waals surface area contributed by atoms with Crippen molar-refractivity contribution < 1.29 is 48.5 Å². The molecule has 0 heterocycles. The Kier molecular flexibility index (Phi) is 22.8. The fourth-order valence-corrected chi connectivity index (χ4v) is 2.10. The minimum atomic E-state index is -0.935. The zero-order chi connectivity index (χ0) is 27.4. The number of carbonyl (C=O) groups is 1. The van der Waals surface area contributed by atoms with E-state index < -0.39 is 12.1 Å². The third-order valence-electron chi connectivity index (χ3n) is 4.32. The minimum absolute atomic E-state index is 0.00355. The average molecular weight is 511 g/mol. The SMILES string of the molecule is C=C(C)C(=O)O.CC(O)COC(C)COC(C)COC(C)COC(C)COC(C)COC(C)CO. The summed E-state index contributed by atoms with van der Waals surface area (Å²) in [6.07, 6.45) is -0.963. The summed E-state index contributed by atoms with van der Waals surface area (Å²) in [7, 11) is 0. The zero-order valence-corrected chi connectivity index (χ0v) is 22.9. The molecule has 0 amide bonds. The Morgan fingerprint density at radius 1 is 0.629 bits per heavy atom. The molecule has 7 atom stereocenters. The third kappa shape index (κ3) is 25.8. The van der Waals surface area contributed by atoms with Gasteiger partial charge in [-0.25, -0.2) is 4.79 Å². The van der Waals surface area contributed by atoms with Crippen LogP contribution in [0.15, 0.2) is 12.2 Å². The van der Waals surface area contributed by atoms with Crippen molar-refractivity contribution in [1.29, 1.82) is 0 Å². The minimum Gasteiger partial charge on any atom is -0.478 e. The van der Waals surface area contributed by atoms with Gasteiger partial charge in [-0.3, -0.25) is 0 Å². The van der Waals surface area contributed by atoms with Gasteiger partial charge in [0.15, 0.2) is 0 Å². The highest BCUT2D eigenvalue weighted by molar-refractivity contribution is 5.84. The van der Waals surface area contributed by atoms with E-state index in [0.717, 1.165) is 0 Å². The number of ether oxygens (including phenoxy) is 6. The molecule has 0 aliphatic heterocycles. The number of rotatable bonds is 20. The highest BCUT2D eigenvalue weighted by Crippen LogP contribution is 2.04. The fourth-order valence-electron chi connectivity index (χ4n) is 2.10. The third-order valence-corrected chi connectivity index (χ3v) is 4.32. The zero-order valence-electron chi connectivity index (χ0n) is 22.9. The fraction of sp³-hybridized carbons (Fsp3) is 0.880. The van der Waals surface area contributed by atoms with Gasteiger partial charge >= 0.3 is 5.97 Å². The Labute approximate surface area is 211 Å². The van der Waals surface area contributed by atoms with Gasteiger partial charge in [-0.2, -0.15) is 0 Å². The van der Waals surface area contributed by atoms with E-state index in [0.29, 0.717) is 39.6 Å². The lowest BCUT2D eigenvalue weighted by Gasteiger charge is -2.22. The molecule has 3 N–H and O–H groups in total. The topological polar surface area (TPSA) is 133 Å². The average Bonchev–Trinajstić information content (AvgIpc) is 2.80. The van der Waals surface area contributed by atoms with Crippen LogP contribution >= 0.6 is 0 Å². The predicted octanol–water partition coefficient (Wildman–Crippen LogP) is 2.44. The van der Waals surface area contributed by atoms with E-state index in [-0.39, 0.29) is 48.8 Å². The summed E-state index contributed by atoms with van der Waals surface area (Å²) in [5, 5.41) is 26.0. The van der Waals surface area contributed by atoms with Crippen LogP contribution in [0.4, 0.5) is 0 Å². The predicted molar refractivity (Wildman–Crippen MR) is 134 cm³/mol. The summed E-state index contributed by atoms with van der Waals surface area (Å²) in [5.41, 5.74) is 0.176. The van der Waals surface area contributed by atoms with Gasteiger partial charge in [0.05, 0.1) is 89.0 Å². The summed E-state index contributed by atoms with van der Waals surface area (Å²) in [6, 6.07) is 0. The van der Waals surface area contributed by atoms with Crippen molar-refractivity contribution in [1.82, 2.24) is 0 Å². The molecule has 0 fully saturated rings. The van der Waals surface area contributed by atoms with Crippen LogP contribution in [0, 0.1) is 0 Å². The lowest BCUT2D eigenvalue weighted by molar-refractivity contribution is -0.132. The molecule has 0 aliphatic rings. The van der Waals surface area contributed by atoms with Gasteiger partial charge in [0.1, 0.15) is 0 Å². The first-order valence-corrected chi connectivity index (χ1v) is 12.2. The highest BCUT2D eigenvalue weighted by Gasteiger charge is 2.13. The summed E-state index contributed by atoms with van der Waals surface area (Å²) in [5.74, 6) is -0.935. The number of aliphatic carboxylic acids is 1. The first kappa shape index (κ1) is 36.0. The molecule has 0 saturated heterocycles. The lowest BCUT2D eigenvalue weighted by Crippen LogP contribution is -2.30. The molecule has 7 unspecified atom stereocenters. The van der Waals surface area contributed by atoms with Crippen LogP contribution in [0.3, 0.4) is 0 Å². The van der Waals surface area contributed by atoms with E-state index >= 15 is 0 Å². The Morgan fingerprint density at radius 3 is 1.06 bits per heavy atom. The molecule has 0 spiro atoms. The van der Waals surface area contributed by atoms with Gasteiger partial charge in [0.25, 0.3) is 0 Å². The molecule has 0 aliphatic carbocycles. The Bertz CT molecular complexity index is 516. The largest absolute Gasteiger partial charge is 0.478 e. The molecule has 10 nitrogen and oxygen atoms in total. The van der Waals surface area contributed by atoms with Crippen LogP contribution < -0.4 is 0 Å². The number of carboxylic acids is 1. The summed E-state index contributed by atoms with van der Waals surface area (Å²) >= 11 is 0. The van der Waals surface area contributed by atoms with Gasteiger partial charge in [-0.05, 0) is 55.4 Å². The second kappa shape index (κ2) is 22.1. The van der Waals surface area contributed by atoms with E-state index in [1.165, 1.54) is 6.92 Å². The normalized spacial score (nSPS) is 17.3. The quantitative estimate of drug-likeness (QED) is 0.210. The van der Waals surface area contributed by atoms with Crippen LogP contribution in [-0.4, -0.2) is 110 Å². The van der Waals surface area contributed by atoms with Crippen molar-refractivity contribution in [2.75, 3.05) is 46.2 Å². The van der Waals surface area contributed by atoms with Gasteiger partial charge in [0.2, 0.25) is 0 Å². The molecule has 0 aromatic rings. The van der Waals surface area contributed by atoms with Crippen molar-refractivity contribution in [3.8, 4) is 0 Å². The summed E-state index contributed by atoms with van der Waals surface area (Å²) in [4.78, 5) is 9.60. The summed E-state index contributed by atoms with van der Waals surface area (Å²) in [6.45, 7) is 20.4. The van der Waals surface area contributed by atoms with Gasteiger partial charge in [0, 0.05) is 5.57 Å². The van der Waals surface area contributed by atoms with Gasteiger partial charge < -0.3 is 43.7 Å². The number of aliphatic hydroxyl groups excluding tert-OH is 2. The smallest absolute Gasteiger partial charge is 0.330 e. The molecule has 0 rings (SSSR count). The number of carboxylic acid groups (broad SMARTS) is 1. The van der Waals surface area contributed by atoms with Gasteiger partial charge in [-0.15, -0.1) is 0 Å². The maximum Gasteiger partial charge on any atom is 0.330 e. The first-order chi connectivity index (χ1) is 16.3. The van der Waals surface area contributed by atoms with E-state index in [1.807, 2.05) is 41.5 Å². The Balaban J connectivity index is 0. The van der Waals surface area contributed by atoms with Crippen LogP contribution in [-0.2, 0) is 33.2 Å². The molecule has 10 heteroatoms. The molecular weight excluding hydrogens is 460 g/mol. The second-order valence-electron chi connectivity index (χ2n) is 8.98. The maximum atomic E-state index is 9.60. The van der Waals surface area contributed by atoms with Crippen molar-refractivity contribution in [3.05, 3.63) is 12.2 Å². The molecular formula is C25H50O10. The standard InChI is InChI=1S/C21H44O8.C4H6O2/c1-15(23)9-24-17(3)11-26-19(5)13-28-21(7)14-29-20(6)12-27-18(4)10-25-16(2)8-22;1-3(2)4(5)6/h15-23H,8-14H2,1-7H3;1H2,2H3,(H,5,6). The molecule has 0 aromatic heterocycles. The Hall–Kier alpha value is -1.11. The lowest BCUT2D eigenvalue weighted by atomic mass is 10.3. The van der Waals surface area contributed by atoms with E-state index in [2.05, 4.69) is 6.58 Å². The molecule has 35 heavy (non-hydrogen) atoms. The number of hydrogen-bond donors (Lipinski definition) is 3. The molecule has 0 bridgehead atoms. The van der Waals surface area contributed by atoms with Crippen LogP contribution in [0.5, 0.6) is 0 Å². The molecule has 0 saturated carbocycles. The molecule has 0 aromatic carbocycles.